The van der Waals surface area contributed by atoms with Crippen LogP contribution in [-0.2, 0) is 0 Å². The van der Waals surface area contributed by atoms with E-state index in [1.54, 1.807) is 18.3 Å². The molecule has 0 fully saturated rings. The molecule has 3 rings (SSSR count). The lowest BCUT2D eigenvalue weighted by molar-refractivity contribution is 0.103. The maximum Gasteiger partial charge on any atom is 0.198 e. The highest BCUT2D eigenvalue weighted by molar-refractivity contribution is 6.11. The third-order valence-corrected chi connectivity index (χ3v) is 3.10. The van der Waals surface area contributed by atoms with Crippen molar-refractivity contribution in [2.24, 2.45) is 0 Å². The molecule has 0 atom stereocenters. The minimum atomic E-state index is -0.0620. The van der Waals surface area contributed by atoms with Crippen LogP contribution in [0.2, 0.25) is 0 Å². The van der Waals surface area contributed by atoms with E-state index in [4.69, 9.17) is 4.74 Å². The summed E-state index contributed by atoms with van der Waals surface area (Å²) in [5.41, 5.74) is 2.92. The molecule has 4 nitrogen and oxygen atoms in total. The Labute approximate surface area is 111 Å². The van der Waals surface area contributed by atoms with Gasteiger partial charge in [-0.05, 0) is 31.2 Å². The number of ketones is 1. The molecule has 19 heavy (non-hydrogen) atoms. The SMILES string of the molecule is Cc1ccc(C(=O)c2cccc3c2OCCN3)cn1. The van der Waals surface area contributed by atoms with E-state index in [2.05, 4.69) is 10.3 Å². The van der Waals surface area contributed by atoms with Crippen molar-refractivity contribution in [3.05, 3.63) is 53.3 Å². The molecule has 1 aliphatic heterocycles. The highest BCUT2D eigenvalue weighted by Gasteiger charge is 2.20. The van der Waals surface area contributed by atoms with E-state index in [0.717, 1.165) is 17.9 Å². The van der Waals surface area contributed by atoms with E-state index in [1.807, 2.05) is 25.1 Å². The van der Waals surface area contributed by atoms with Crippen LogP contribution in [0.5, 0.6) is 5.75 Å². The molecule has 1 aromatic heterocycles. The molecule has 1 N–H and O–H groups in total. The number of rotatable bonds is 2. The van der Waals surface area contributed by atoms with Gasteiger partial charge in [-0.15, -0.1) is 0 Å². The second-order valence-corrected chi connectivity index (χ2v) is 4.47. The number of para-hydroxylation sites is 1. The third kappa shape index (κ3) is 2.17. The summed E-state index contributed by atoms with van der Waals surface area (Å²) in [6.45, 7) is 3.23. The Bertz CT molecular complexity index is 621. The van der Waals surface area contributed by atoms with Crippen LogP contribution in [0.15, 0.2) is 36.5 Å². The number of carbonyl (C=O) groups excluding carboxylic acids is 1. The minimum Gasteiger partial charge on any atom is -0.489 e. The first-order valence-corrected chi connectivity index (χ1v) is 6.23. The molecule has 0 radical (unpaired) electrons. The summed E-state index contributed by atoms with van der Waals surface area (Å²) in [6.07, 6.45) is 1.60. The van der Waals surface area contributed by atoms with E-state index in [0.29, 0.717) is 23.5 Å². The fraction of sp³-hybridized carbons (Fsp3) is 0.200. The van der Waals surface area contributed by atoms with Gasteiger partial charge in [0.25, 0.3) is 0 Å². The van der Waals surface area contributed by atoms with Crippen molar-refractivity contribution in [3.8, 4) is 5.75 Å². The molecule has 0 aliphatic carbocycles. The van der Waals surface area contributed by atoms with Crippen LogP contribution in [0.4, 0.5) is 5.69 Å². The van der Waals surface area contributed by atoms with Gasteiger partial charge in [0.2, 0.25) is 0 Å². The van der Waals surface area contributed by atoms with Crippen molar-refractivity contribution in [2.45, 2.75) is 6.92 Å². The molecule has 2 aromatic rings. The number of benzene rings is 1. The molecule has 0 saturated heterocycles. The van der Waals surface area contributed by atoms with E-state index in [9.17, 15) is 4.79 Å². The summed E-state index contributed by atoms with van der Waals surface area (Å²) in [6, 6.07) is 9.18. The second kappa shape index (κ2) is 4.72. The van der Waals surface area contributed by atoms with Crippen LogP contribution in [0, 0.1) is 6.92 Å². The number of aromatic nitrogens is 1. The van der Waals surface area contributed by atoms with Gasteiger partial charge in [-0.2, -0.15) is 0 Å². The number of nitrogens with one attached hydrogen (secondary N) is 1. The van der Waals surface area contributed by atoms with Gasteiger partial charge in [-0.25, -0.2) is 0 Å². The number of fused-ring (bicyclic) bond motifs is 1. The molecular weight excluding hydrogens is 240 g/mol. The number of hydrogen-bond donors (Lipinski definition) is 1. The normalized spacial score (nSPS) is 13.1. The highest BCUT2D eigenvalue weighted by Crippen LogP contribution is 2.32. The van der Waals surface area contributed by atoms with Crippen LogP contribution < -0.4 is 10.1 Å². The first-order valence-electron chi connectivity index (χ1n) is 6.23. The number of carbonyl (C=O) groups is 1. The summed E-state index contributed by atoms with van der Waals surface area (Å²) >= 11 is 0. The smallest absolute Gasteiger partial charge is 0.198 e. The molecular formula is C15H14N2O2. The Hall–Kier alpha value is -2.36. The topological polar surface area (TPSA) is 51.2 Å². The zero-order chi connectivity index (χ0) is 13.2. The van der Waals surface area contributed by atoms with Gasteiger partial charge >= 0.3 is 0 Å². The molecule has 0 amide bonds. The largest absolute Gasteiger partial charge is 0.489 e. The molecule has 2 heterocycles. The molecule has 4 heteroatoms. The van der Waals surface area contributed by atoms with Crippen molar-refractivity contribution in [1.82, 2.24) is 4.98 Å². The zero-order valence-electron chi connectivity index (χ0n) is 10.6. The lowest BCUT2D eigenvalue weighted by Crippen LogP contribution is -2.20. The van der Waals surface area contributed by atoms with E-state index >= 15 is 0 Å². The summed E-state index contributed by atoms with van der Waals surface area (Å²) in [5.74, 6) is 0.576. The van der Waals surface area contributed by atoms with Crippen molar-refractivity contribution in [3.63, 3.8) is 0 Å². The first kappa shape index (κ1) is 11.7. The van der Waals surface area contributed by atoms with Gasteiger partial charge in [0, 0.05) is 24.0 Å². The Morgan fingerprint density at radius 3 is 3.00 bits per heavy atom. The van der Waals surface area contributed by atoms with E-state index in [1.165, 1.54) is 0 Å². The molecule has 1 aromatic carbocycles. The summed E-state index contributed by atoms with van der Waals surface area (Å²) in [4.78, 5) is 16.6. The van der Waals surface area contributed by atoms with E-state index in [-0.39, 0.29) is 5.78 Å². The van der Waals surface area contributed by atoms with Crippen LogP contribution in [0.1, 0.15) is 21.6 Å². The molecule has 0 spiro atoms. The van der Waals surface area contributed by atoms with Crippen LogP contribution >= 0.6 is 0 Å². The number of pyridine rings is 1. The maximum atomic E-state index is 12.5. The average Bonchev–Trinajstić information content (AvgIpc) is 2.47. The Morgan fingerprint density at radius 2 is 2.21 bits per heavy atom. The van der Waals surface area contributed by atoms with Gasteiger partial charge < -0.3 is 10.1 Å². The monoisotopic (exact) mass is 254 g/mol. The van der Waals surface area contributed by atoms with Gasteiger partial charge in [0.15, 0.2) is 11.5 Å². The van der Waals surface area contributed by atoms with Crippen LogP contribution in [0.3, 0.4) is 0 Å². The lowest BCUT2D eigenvalue weighted by Gasteiger charge is -2.21. The minimum absolute atomic E-state index is 0.0620. The zero-order valence-corrected chi connectivity index (χ0v) is 10.6. The fourth-order valence-electron chi connectivity index (χ4n) is 2.11. The Morgan fingerprint density at radius 1 is 1.32 bits per heavy atom. The highest BCUT2D eigenvalue weighted by atomic mass is 16.5. The molecule has 1 aliphatic rings. The molecule has 0 unspecified atom stereocenters. The number of ether oxygens (including phenoxy) is 1. The first-order chi connectivity index (χ1) is 9.25. The predicted molar refractivity (Wildman–Crippen MR) is 72.8 cm³/mol. The van der Waals surface area contributed by atoms with Gasteiger partial charge in [0.1, 0.15) is 6.61 Å². The maximum absolute atomic E-state index is 12.5. The quantitative estimate of drug-likeness (QED) is 0.836. The molecule has 0 saturated carbocycles. The Balaban J connectivity index is 2.02. The van der Waals surface area contributed by atoms with Crippen LogP contribution in [-0.4, -0.2) is 23.9 Å². The van der Waals surface area contributed by atoms with E-state index < -0.39 is 0 Å². The predicted octanol–water partition coefficient (Wildman–Crippen LogP) is 2.43. The van der Waals surface area contributed by atoms with Gasteiger partial charge in [0.05, 0.1) is 11.3 Å². The molecule has 96 valence electrons. The molecule has 0 bridgehead atoms. The van der Waals surface area contributed by atoms with Crippen molar-refractivity contribution in [1.29, 1.82) is 0 Å². The second-order valence-electron chi connectivity index (χ2n) is 4.47. The summed E-state index contributed by atoms with van der Waals surface area (Å²) in [7, 11) is 0. The van der Waals surface area contributed by atoms with Crippen molar-refractivity contribution < 1.29 is 9.53 Å². The number of aryl methyl sites for hydroxylation is 1. The van der Waals surface area contributed by atoms with Crippen molar-refractivity contribution >= 4 is 11.5 Å². The summed E-state index contributed by atoms with van der Waals surface area (Å²) < 4.78 is 5.62. The standard InChI is InChI=1S/C15H14N2O2/c1-10-5-6-11(9-17-10)14(18)12-3-2-4-13-15(12)19-8-7-16-13/h2-6,9,16H,7-8H2,1H3. The lowest BCUT2D eigenvalue weighted by atomic mass is 10.0. The fourth-order valence-corrected chi connectivity index (χ4v) is 2.11. The number of anilines is 1. The van der Waals surface area contributed by atoms with Gasteiger partial charge in [-0.1, -0.05) is 6.07 Å². The van der Waals surface area contributed by atoms with Crippen LogP contribution in [0.25, 0.3) is 0 Å². The Kier molecular flexibility index (Phi) is 2.91. The summed E-state index contributed by atoms with van der Waals surface area (Å²) in [5, 5.41) is 3.23. The number of hydrogen-bond acceptors (Lipinski definition) is 4. The van der Waals surface area contributed by atoms with Crippen molar-refractivity contribution in [2.75, 3.05) is 18.5 Å². The van der Waals surface area contributed by atoms with Gasteiger partial charge in [-0.3, -0.25) is 9.78 Å². The third-order valence-electron chi connectivity index (χ3n) is 3.10. The average molecular weight is 254 g/mol. The number of nitrogens with zero attached hydrogens (tertiary/aromatic N) is 1.